The molecule has 1 heterocycles. The molecule has 0 saturated heterocycles. The molecule has 1 saturated carbocycles. The molecule has 1 aliphatic carbocycles. The number of hydrogen-bond donors (Lipinski definition) is 2. The maximum absolute atomic E-state index is 12.4. The SMILES string of the molecule is CCCC1CCC(NC(=O)c2ccc3[nH]ccc3c2)CC1. The number of H-pyrrole nitrogens is 1. The summed E-state index contributed by atoms with van der Waals surface area (Å²) >= 11 is 0. The van der Waals surface area contributed by atoms with Crippen molar-refractivity contribution in [1.29, 1.82) is 0 Å². The van der Waals surface area contributed by atoms with E-state index in [0.29, 0.717) is 6.04 Å². The van der Waals surface area contributed by atoms with Crippen molar-refractivity contribution < 1.29 is 4.79 Å². The van der Waals surface area contributed by atoms with E-state index in [4.69, 9.17) is 0 Å². The first-order valence-electron chi connectivity index (χ1n) is 8.14. The fraction of sp³-hybridized carbons (Fsp3) is 0.500. The largest absolute Gasteiger partial charge is 0.361 e. The van der Waals surface area contributed by atoms with Crippen LogP contribution in [0.3, 0.4) is 0 Å². The number of nitrogens with one attached hydrogen (secondary N) is 2. The summed E-state index contributed by atoms with van der Waals surface area (Å²) in [6.07, 6.45) is 9.29. The Balaban J connectivity index is 1.59. The molecule has 1 aromatic carbocycles. The highest BCUT2D eigenvalue weighted by molar-refractivity contribution is 5.98. The van der Waals surface area contributed by atoms with Crippen molar-refractivity contribution in [2.24, 2.45) is 5.92 Å². The van der Waals surface area contributed by atoms with E-state index >= 15 is 0 Å². The van der Waals surface area contributed by atoms with Crippen LogP contribution in [0.15, 0.2) is 30.5 Å². The van der Waals surface area contributed by atoms with Crippen LogP contribution in [0.25, 0.3) is 10.9 Å². The third-order valence-electron chi connectivity index (χ3n) is 4.69. The van der Waals surface area contributed by atoms with Gasteiger partial charge >= 0.3 is 0 Å². The van der Waals surface area contributed by atoms with Gasteiger partial charge in [-0.3, -0.25) is 4.79 Å². The lowest BCUT2D eigenvalue weighted by molar-refractivity contribution is 0.0921. The van der Waals surface area contributed by atoms with Crippen LogP contribution in [0.4, 0.5) is 0 Å². The minimum Gasteiger partial charge on any atom is -0.361 e. The highest BCUT2D eigenvalue weighted by Crippen LogP contribution is 2.28. The van der Waals surface area contributed by atoms with Gasteiger partial charge in [-0.25, -0.2) is 0 Å². The molecule has 1 aromatic heterocycles. The smallest absolute Gasteiger partial charge is 0.251 e. The lowest BCUT2D eigenvalue weighted by Crippen LogP contribution is -2.37. The molecule has 3 nitrogen and oxygen atoms in total. The fourth-order valence-electron chi connectivity index (χ4n) is 3.47. The molecule has 0 bridgehead atoms. The van der Waals surface area contributed by atoms with Crippen LogP contribution in [0.2, 0.25) is 0 Å². The lowest BCUT2D eigenvalue weighted by atomic mass is 9.83. The number of hydrogen-bond acceptors (Lipinski definition) is 1. The second-order valence-electron chi connectivity index (χ2n) is 6.26. The van der Waals surface area contributed by atoms with Crippen molar-refractivity contribution in [3.05, 3.63) is 36.0 Å². The van der Waals surface area contributed by atoms with E-state index in [1.54, 1.807) is 0 Å². The second-order valence-corrected chi connectivity index (χ2v) is 6.26. The molecule has 1 amide bonds. The maximum Gasteiger partial charge on any atom is 0.251 e. The maximum atomic E-state index is 12.4. The van der Waals surface area contributed by atoms with E-state index in [1.165, 1.54) is 25.7 Å². The quantitative estimate of drug-likeness (QED) is 0.866. The molecule has 0 atom stereocenters. The van der Waals surface area contributed by atoms with Gasteiger partial charge in [-0.15, -0.1) is 0 Å². The van der Waals surface area contributed by atoms with Crippen molar-refractivity contribution >= 4 is 16.8 Å². The van der Waals surface area contributed by atoms with Crippen molar-refractivity contribution in [2.75, 3.05) is 0 Å². The summed E-state index contributed by atoms with van der Waals surface area (Å²) in [5.41, 5.74) is 1.84. The van der Waals surface area contributed by atoms with Crippen molar-refractivity contribution in [1.82, 2.24) is 10.3 Å². The molecular weight excluding hydrogens is 260 g/mol. The summed E-state index contributed by atoms with van der Waals surface area (Å²) in [4.78, 5) is 15.5. The standard InChI is InChI=1S/C18H24N2O/c1-2-3-13-4-7-16(8-5-13)20-18(21)15-6-9-17-14(12-15)10-11-19-17/h6,9-13,16,19H,2-5,7-8H2,1H3,(H,20,21). The Morgan fingerprint density at radius 2 is 2.05 bits per heavy atom. The molecule has 112 valence electrons. The van der Waals surface area contributed by atoms with Crippen LogP contribution in [-0.4, -0.2) is 16.9 Å². The number of carbonyl (C=O) groups excluding carboxylic acids is 1. The van der Waals surface area contributed by atoms with Gasteiger partial charge in [-0.05, 0) is 55.9 Å². The molecule has 0 unspecified atom stereocenters. The van der Waals surface area contributed by atoms with Crippen LogP contribution in [0.5, 0.6) is 0 Å². The molecule has 2 N–H and O–H groups in total. The van der Waals surface area contributed by atoms with E-state index < -0.39 is 0 Å². The van der Waals surface area contributed by atoms with Crippen LogP contribution in [-0.2, 0) is 0 Å². The molecular formula is C18H24N2O. The van der Waals surface area contributed by atoms with Gasteiger partial charge in [0.1, 0.15) is 0 Å². The van der Waals surface area contributed by atoms with Crippen LogP contribution in [0, 0.1) is 5.92 Å². The first-order chi connectivity index (χ1) is 10.3. The lowest BCUT2D eigenvalue weighted by Gasteiger charge is -2.29. The van der Waals surface area contributed by atoms with Crippen molar-refractivity contribution in [3.8, 4) is 0 Å². The normalized spacial score (nSPS) is 22.3. The zero-order valence-electron chi connectivity index (χ0n) is 12.7. The van der Waals surface area contributed by atoms with E-state index in [-0.39, 0.29) is 5.91 Å². The Kier molecular flexibility index (Phi) is 4.28. The zero-order chi connectivity index (χ0) is 14.7. The molecule has 0 radical (unpaired) electrons. The predicted octanol–water partition coefficient (Wildman–Crippen LogP) is 4.26. The molecule has 1 aliphatic rings. The van der Waals surface area contributed by atoms with Gasteiger partial charge in [0.05, 0.1) is 0 Å². The van der Waals surface area contributed by atoms with Gasteiger partial charge in [0.25, 0.3) is 5.91 Å². The number of aromatic amines is 1. The van der Waals surface area contributed by atoms with Gasteiger partial charge in [0.2, 0.25) is 0 Å². The number of rotatable bonds is 4. The number of carbonyl (C=O) groups is 1. The predicted molar refractivity (Wildman–Crippen MR) is 86.4 cm³/mol. The number of fused-ring (bicyclic) bond motifs is 1. The third kappa shape index (κ3) is 3.29. The van der Waals surface area contributed by atoms with Crippen molar-refractivity contribution in [2.45, 2.75) is 51.5 Å². The first-order valence-corrected chi connectivity index (χ1v) is 8.14. The Morgan fingerprint density at radius 3 is 2.81 bits per heavy atom. The molecule has 3 heteroatoms. The monoisotopic (exact) mass is 284 g/mol. The van der Waals surface area contributed by atoms with Crippen LogP contribution < -0.4 is 5.32 Å². The van der Waals surface area contributed by atoms with E-state index in [9.17, 15) is 4.79 Å². The summed E-state index contributed by atoms with van der Waals surface area (Å²) in [6, 6.07) is 8.19. The zero-order valence-corrected chi connectivity index (χ0v) is 12.7. The van der Waals surface area contributed by atoms with Gasteiger partial charge < -0.3 is 10.3 Å². The summed E-state index contributed by atoms with van der Waals surface area (Å²) < 4.78 is 0. The van der Waals surface area contributed by atoms with E-state index in [2.05, 4.69) is 17.2 Å². The summed E-state index contributed by atoms with van der Waals surface area (Å²) in [5.74, 6) is 0.941. The minimum atomic E-state index is 0.0667. The minimum absolute atomic E-state index is 0.0667. The summed E-state index contributed by atoms with van der Waals surface area (Å²) in [7, 11) is 0. The van der Waals surface area contributed by atoms with Gasteiger partial charge in [-0.2, -0.15) is 0 Å². The third-order valence-corrected chi connectivity index (χ3v) is 4.69. The average molecular weight is 284 g/mol. The highest BCUT2D eigenvalue weighted by Gasteiger charge is 2.22. The highest BCUT2D eigenvalue weighted by atomic mass is 16.1. The number of aromatic nitrogens is 1. The molecule has 2 aromatic rings. The molecule has 3 rings (SSSR count). The van der Waals surface area contributed by atoms with Crippen LogP contribution in [0.1, 0.15) is 55.8 Å². The average Bonchev–Trinajstić information content (AvgIpc) is 2.97. The Hall–Kier alpha value is -1.77. The summed E-state index contributed by atoms with van der Waals surface area (Å²) in [6.45, 7) is 2.25. The van der Waals surface area contributed by atoms with Crippen LogP contribution >= 0.6 is 0 Å². The van der Waals surface area contributed by atoms with Gasteiger partial charge in [-0.1, -0.05) is 19.8 Å². The molecule has 0 spiro atoms. The Labute approximate surface area is 126 Å². The Morgan fingerprint density at radius 1 is 1.24 bits per heavy atom. The number of amides is 1. The molecule has 0 aliphatic heterocycles. The first kappa shape index (κ1) is 14.2. The van der Waals surface area contributed by atoms with Gasteiger partial charge in [0.15, 0.2) is 0 Å². The Bertz CT molecular complexity index is 608. The van der Waals surface area contributed by atoms with Gasteiger partial charge in [0, 0.05) is 28.7 Å². The molecule has 1 fully saturated rings. The topological polar surface area (TPSA) is 44.9 Å². The van der Waals surface area contributed by atoms with E-state index in [0.717, 1.165) is 35.2 Å². The number of benzene rings is 1. The summed E-state index contributed by atoms with van der Waals surface area (Å²) in [5, 5.41) is 4.30. The fourth-order valence-corrected chi connectivity index (χ4v) is 3.47. The van der Waals surface area contributed by atoms with E-state index in [1.807, 2.05) is 30.5 Å². The molecule has 21 heavy (non-hydrogen) atoms. The second kappa shape index (κ2) is 6.33. The van der Waals surface area contributed by atoms with Crippen molar-refractivity contribution in [3.63, 3.8) is 0 Å².